The van der Waals surface area contributed by atoms with Crippen molar-refractivity contribution in [3.8, 4) is 11.5 Å². The lowest BCUT2D eigenvalue weighted by atomic mass is 10.1. The highest BCUT2D eigenvalue weighted by molar-refractivity contribution is 9.10. The molecule has 3 N–H and O–H groups in total. The van der Waals surface area contributed by atoms with Crippen LogP contribution in [0.3, 0.4) is 0 Å². The second-order valence-electron chi connectivity index (χ2n) is 5.78. The Labute approximate surface area is 158 Å². The highest BCUT2D eigenvalue weighted by atomic mass is 79.9. The predicted octanol–water partition coefficient (Wildman–Crippen LogP) is 5.09. The number of oxazole rings is 1. The topological polar surface area (TPSA) is 81.2 Å². The normalized spacial score (nSPS) is 10.8. The van der Waals surface area contributed by atoms with Gasteiger partial charge in [-0.2, -0.15) is 0 Å². The average Bonchev–Trinajstić information content (AvgIpc) is 3.06. The Kier molecular flexibility index (Phi) is 4.18. The van der Waals surface area contributed by atoms with Crippen molar-refractivity contribution in [2.45, 2.75) is 0 Å². The number of fused-ring (bicyclic) bond motifs is 1. The lowest BCUT2D eigenvalue weighted by Crippen LogP contribution is -2.11. The first-order chi connectivity index (χ1) is 12.6. The van der Waals surface area contributed by atoms with Crippen molar-refractivity contribution in [1.29, 1.82) is 0 Å². The van der Waals surface area contributed by atoms with Gasteiger partial charge < -0.3 is 15.5 Å². The van der Waals surface area contributed by atoms with Crippen LogP contribution in [0.4, 0.5) is 11.4 Å². The molecule has 0 saturated carbocycles. The van der Waals surface area contributed by atoms with E-state index >= 15 is 0 Å². The number of anilines is 2. The molecule has 0 aliphatic carbocycles. The molecule has 0 unspecified atom stereocenters. The fourth-order valence-corrected chi connectivity index (χ4v) is 2.91. The second-order valence-corrected chi connectivity index (χ2v) is 6.70. The molecule has 0 spiro atoms. The standard InChI is InChI=1S/C20H14BrN3O2/c21-14-5-10-18-17(11-14)24-20(26-18)13-3-8-16(9-4-13)23-19(25)12-1-6-15(22)7-2-12/h1-11H,22H2,(H,23,25). The predicted molar refractivity (Wildman–Crippen MR) is 106 cm³/mol. The Hall–Kier alpha value is -3.12. The second kappa shape index (κ2) is 6.65. The molecule has 0 aliphatic rings. The fourth-order valence-electron chi connectivity index (χ4n) is 2.56. The molecule has 1 amide bonds. The molecular formula is C20H14BrN3O2. The maximum absolute atomic E-state index is 12.2. The molecule has 0 radical (unpaired) electrons. The molecule has 0 atom stereocenters. The van der Waals surface area contributed by atoms with Crippen molar-refractivity contribution in [2.24, 2.45) is 0 Å². The maximum Gasteiger partial charge on any atom is 0.255 e. The van der Waals surface area contributed by atoms with Crippen LogP contribution < -0.4 is 11.1 Å². The molecule has 6 heteroatoms. The minimum atomic E-state index is -0.190. The number of benzene rings is 3. The largest absolute Gasteiger partial charge is 0.436 e. The number of hydrogen-bond donors (Lipinski definition) is 2. The van der Waals surface area contributed by atoms with Crippen LogP contribution in [0, 0.1) is 0 Å². The van der Waals surface area contributed by atoms with Crippen molar-refractivity contribution in [3.05, 3.63) is 76.8 Å². The van der Waals surface area contributed by atoms with Gasteiger partial charge >= 0.3 is 0 Å². The zero-order valence-corrected chi connectivity index (χ0v) is 15.2. The van der Waals surface area contributed by atoms with Crippen LogP contribution in [0.25, 0.3) is 22.6 Å². The van der Waals surface area contributed by atoms with E-state index in [1.807, 2.05) is 42.5 Å². The lowest BCUT2D eigenvalue weighted by Gasteiger charge is -2.06. The smallest absolute Gasteiger partial charge is 0.255 e. The number of rotatable bonds is 3. The molecule has 3 aromatic carbocycles. The maximum atomic E-state index is 12.2. The van der Waals surface area contributed by atoms with Gasteiger partial charge in [0.05, 0.1) is 0 Å². The SMILES string of the molecule is Nc1ccc(C(=O)Nc2ccc(-c3nc4cc(Br)ccc4o3)cc2)cc1. The molecular weight excluding hydrogens is 394 g/mol. The molecule has 26 heavy (non-hydrogen) atoms. The molecule has 0 aliphatic heterocycles. The summed E-state index contributed by atoms with van der Waals surface area (Å²) in [5, 5.41) is 2.85. The summed E-state index contributed by atoms with van der Waals surface area (Å²) < 4.78 is 6.73. The molecule has 4 aromatic rings. The Morgan fingerprint density at radius 3 is 2.46 bits per heavy atom. The summed E-state index contributed by atoms with van der Waals surface area (Å²) in [5.74, 6) is 0.346. The molecule has 1 heterocycles. The summed E-state index contributed by atoms with van der Waals surface area (Å²) in [4.78, 5) is 16.7. The Balaban J connectivity index is 1.54. The van der Waals surface area contributed by atoms with Crippen LogP contribution >= 0.6 is 15.9 Å². The van der Waals surface area contributed by atoms with Gasteiger partial charge in [-0.25, -0.2) is 4.98 Å². The summed E-state index contributed by atoms with van der Waals surface area (Å²) in [6, 6.07) is 19.8. The van der Waals surface area contributed by atoms with E-state index in [1.54, 1.807) is 24.3 Å². The molecule has 128 valence electrons. The number of nitrogen functional groups attached to an aromatic ring is 1. The number of aromatic nitrogens is 1. The number of nitrogens with zero attached hydrogens (tertiary/aromatic N) is 1. The Bertz CT molecular complexity index is 1090. The van der Waals surface area contributed by atoms with E-state index in [0.717, 1.165) is 21.1 Å². The van der Waals surface area contributed by atoms with Crippen molar-refractivity contribution >= 4 is 44.3 Å². The number of amides is 1. The monoisotopic (exact) mass is 407 g/mol. The Morgan fingerprint density at radius 1 is 1.00 bits per heavy atom. The van der Waals surface area contributed by atoms with Crippen LogP contribution in [0.2, 0.25) is 0 Å². The van der Waals surface area contributed by atoms with E-state index in [4.69, 9.17) is 10.2 Å². The van der Waals surface area contributed by atoms with Gasteiger partial charge in [0.1, 0.15) is 5.52 Å². The van der Waals surface area contributed by atoms with Crippen molar-refractivity contribution in [1.82, 2.24) is 4.98 Å². The number of nitrogens with one attached hydrogen (secondary N) is 1. The quantitative estimate of drug-likeness (QED) is 0.463. The zero-order chi connectivity index (χ0) is 18.1. The summed E-state index contributed by atoms with van der Waals surface area (Å²) in [7, 11) is 0. The van der Waals surface area contributed by atoms with E-state index in [-0.39, 0.29) is 5.91 Å². The van der Waals surface area contributed by atoms with Gasteiger partial charge in [-0.05, 0) is 66.7 Å². The van der Waals surface area contributed by atoms with Crippen LogP contribution in [0.5, 0.6) is 0 Å². The van der Waals surface area contributed by atoms with Gasteiger partial charge in [0, 0.05) is 27.0 Å². The van der Waals surface area contributed by atoms with E-state index in [1.165, 1.54) is 0 Å². The first-order valence-electron chi connectivity index (χ1n) is 7.92. The fraction of sp³-hybridized carbons (Fsp3) is 0. The minimum Gasteiger partial charge on any atom is -0.436 e. The van der Waals surface area contributed by atoms with Gasteiger partial charge in [-0.1, -0.05) is 15.9 Å². The summed E-state index contributed by atoms with van der Waals surface area (Å²) in [5.41, 5.74) is 9.85. The third-order valence-electron chi connectivity index (χ3n) is 3.91. The summed E-state index contributed by atoms with van der Waals surface area (Å²) >= 11 is 3.42. The summed E-state index contributed by atoms with van der Waals surface area (Å²) in [6.07, 6.45) is 0. The van der Waals surface area contributed by atoms with Crippen LogP contribution in [-0.4, -0.2) is 10.9 Å². The number of carbonyl (C=O) groups is 1. The van der Waals surface area contributed by atoms with Gasteiger partial charge in [0.25, 0.3) is 5.91 Å². The molecule has 0 bridgehead atoms. The van der Waals surface area contributed by atoms with Gasteiger partial charge in [0.2, 0.25) is 5.89 Å². The van der Waals surface area contributed by atoms with Gasteiger partial charge in [-0.3, -0.25) is 4.79 Å². The molecule has 0 saturated heterocycles. The summed E-state index contributed by atoms with van der Waals surface area (Å²) in [6.45, 7) is 0. The van der Waals surface area contributed by atoms with E-state index < -0.39 is 0 Å². The van der Waals surface area contributed by atoms with Gasteiger partial charge in [-0.15, -0.1) is 0 Å². The first kappa shape index (κ1) is 16.4. The third kappa shape index (κ3) is 3.32. The minimum absolute atomic E-state index is 0.190. The van der Waals surface area contributed by atoms with E-state index in [2.05, 4.69) is 26.2 Å². The van der Waals surface area contributed by atoms with E-state index in [9.17, 15) is 4.79 Å². The number of halogens is 1. The van der Waals surface area contributed by atoms with Crippen LogP contribution in [0.1, 0.15) is 10.4 Å². The highest BCUT2D eigenvalue weighted by Gasteiger charge is 2.10. The molecule has 4 rings (SSSR count). The molecule has 5 nitrogen and oxygen atoms in total. The van der Waals surface area contributed by atoms with Gasteiger partial charge in [0.15, 0.2) is 5.58 Å². The number of nitrogens with two attached hydrogens (primary N) is 1. The highest BCUT2D eigenvalue weighted by Crippen LogP contribution is 2.27. The van der Waals surface area contributed by atoms with Crippen molar-refractivity contribution in [3.63, 3.8) is 0 Å². The first-order valence-corrected chi connectivity index (χ1v) is 8.71. The van der Waals surface area contributed by atoms with Crippen molar-refractivity contribution in [2.75, 3.05) is 11.1 Å². The van der Waals surface area contributed by atoms with Crippen LogP contribution in [0.15, 0.2) is 75.6 Å². The molecule has 0 fully saturated rings. The van der Waals surface area contributed by atoms with E-state index in [0.29, 0.717) is 22.8 Å². The number of carbonyl (C=O) groups excluding carboxylic acids is 1. The Morgan fingerprint density at radius 2 is 1.73 bits per heavy atom. The van der Waals surface area contributed by atoms with Crippen molar-refractivity contribution < 1.29 is 9.21 Å². The zero-order valence-electron chi connectivity index (χ0n) is 13.6. The average molecular weight is 408 g/mol. The molecule has 1 aromatic heterocycles. The lowest BCUT2D eigenvalue weighted by molar-refractivity contribution is 0.102. The third-order valence-corrected chi connectivity index (χ3v) is 4.41. The number of hydrogen-bond acceptors (Lipinski definition) is 4. The van der Waals surface area contributed by atoms with Crippen LogP contribution in [-0.2, 0) is 0 Å².